The molecule has 0 amide bonds. The minimum Gasteiger partial charge on any atom is -0.411 e. The van der Waals surface area contributed by atoms with E-state index in [0.717, 1.165) is 19.3 Å². The van der Waals surface area contributed by atoms with Gasteiger partial charge in [0.05, 0.1) is 10.2 Å². The highest BCUT2D eigenvalue weighted by Gasteiger charge is 2.25. The zero-order valence-electron chi connectivity index (χ0n) is 11.6. The lowest BCUT2D eigenvalue weighted by atomic mass is 9.99. The third-order valence-electron chi connectivity index (χ3n) is 3.45. The number of nitrogens with zero attached hydrogens (tertiary/aromatic N) is 3. The lowest BCUT2D eigenvalue weighted by Crippen LogP contribution is -2.21. The predicted molar refractivity (Wildman–Crippen MR) is 79.5 cm³/mol. The van der Waals surface area contributed by atoms with Crippen LogP contribution < -0.4 is 0 Å². The monoisotopic (exact) mass is 319 g/mol. The summed E-state index contributed by atoms with van der Waals surface area (Å²) in [7, 11) is 0. The Morgan fingerprint density at radius 2 is 2.18 bits per heavy atom. The Hall–Kier alpha value is -2.22. The number of carbonyl (C=O) groups is 1. The van der Waals surface area contributed by atoms with Crippen molar-refractivity contribution in [1.82, 2.24) is 10.2 Å². The second kappa shape index (κ2) is 6.27. The Bertz CT molecular complexity index is 716. The van der Waals surface area contributed by atoms with Crippen LogP contribution >= 0.6 is 11.8 Å². The second-order valence-electron chi connectivity index (χ2n) is 5.00. The van der Waals surface area contributed by atoms with E-state index in [1.807, 2.05) is 0 Å². The molecular weight excluding hydrogens is 306 g/mol. The third-order valence-corrected chi connectivity index (χ3v) is 4.60. The zero-order chi connectivity index (χ0) is 15.5. The van der Waals surface area contributed by atoms with E-state index in [1.165, 1.54) is 23.9 Å². The molecule has 8 heteroatoms. The molecule has 3 rings (SSSR count). The fraction of sp³-hybridized carbons (Fsp3) is 0.357. The molecule has 2 aromatic rings. The quantitative estimate of drug-likeness (QED) is 0.630. The summed E-state index contributed by atoms with van der Waals surface area (Å²) in [5.41, 5.74) is 0.455. The highest BCUT2D eigenvalue weighted by Crippen LogP contribution is 2.32. The van der Waals surface area contributed by atoms with Gasteiger partial charge in [-0.2, -0.15) is 0 Å². The van der Waals surface area contributed by atoms with E-state index >= 15 is 0 Å². The minimum absolute atomic E-state index is 0.0349. The first-order valence-corrected chi connectivity index (χ1v) is 7.79. The van der Waals surface area contributed by atoms with Crippen LogP contribution in [0.3, 0.4) is 0 Å². The molecule has 0 N–H and O–H groups in total. The molecule has 0 unspecified atom stereocenters. The zero-order valence-corrected chi connectivity index (χ0v) is 12.4. The Labute approximate surface area is 130 Å². The number of thioether (sulfide) groups is 1. The maximum atomic E-state index is 11.8. The van der Waals surface area contributed by atoms with Gasteiger partial charge in [0.2, 0.25) is 5.89 Å². The Balaban J connectivity index is 1.77. The number of carbonyl (C=O) groups excluding carboxylic acids is 1. The van der Waals surface area contributed by atoms with Crippen molar-refractivity contribution < 1.29 is 14.1 Å². The maximum absolute atomic E-state index is 11.8. The first-order valence-electron chi connectivity index (χ1n) is 6.91. The summed E-state index contributed by atoms with van der Waals surface area (Å²) in [5, 5.41) is 18.8. The maximum Gasteiger partial charge on any atom is 0.277 e. The van der Waals surface area contributed by atoms with Gasteiger partial charge in [-0.3, -0.25) is 14.9 Å². The van der Waals surface area contributed by atoms with Crippen molar-refractivity contribution in [3.63, 3.8) is 0 Å². The summed E-state index contributed by atoms with van der Waals surface area (Å²) in [5.74, 6) is 0.431. The molecule has 0 radical (unpaired) electrons. The molecule has 22 heavy (non-hydrogen) atoms. The topological polar surface area (TPSA) is 99.1 Å². The number of nitro groups is 1. The molecule has 1 aromatic heterocycles. The molecule has 1 atom stereocenters. The van der Waals surface area contributed by atoms with Gasteiger partial charge in [0.25, 0.3) is 10.9 Å². The molecular formula is C14H13N3O4S. The van der Waals surface area contributed by atoms with Gasteiger partial charge >= 0.3 is 0 Å². The van der Waals surface area contributed by atoms with Gasteiger partial charge in [-0.05, 0) is 18.9 Å². The highest BCUT2D eigenvalue weighted by atomic mass is 32.2. The van der Waals surface area contributed by atoms with Crippen LogP contribution in [0.5, 0.6) is 0 Å². The van der Waals surface area contributed by atoms with Crippen molar-refractivity contribution in [2.24, 2.45) is 0 Å². The number of hydrogen-bond acceptors (Lipinski definition) is 7. The molecule has 1 aliphatic rings. The predicted octanol–water partition coefficient (Wildman–Crippen LogP) is 3.25. The minimum atomic E-state index is -0.476. The number of nitro benzene ring substituents is 1. The molecule has 1 aromatic carbocycles. The number of hydrogen-bond donors (Lipinski definition) is 0. The summed E-state index contributed by atoms with van der Waals surface area (Å²) in [6.07, 6.45) is 3.38. The summed E-state index contributed by atoms with van der Waals surface area (Å²) < 4.78 is 5.52. The van der Waals surface area contributed by atoms with Crippen molar-refractivity contribution in [1.29, 1.82) is 0 Å². The molecule has 1 fully saturated rings. The van der Waals surface area contributed by atoms with Crippen LogP contribution in [-0.2, 0) is 4.79 Å². The molecule has 1 saturated carbocycles. The van der Waals surface area contributed by atoms with Crippen molar-refractivity contribution in [2.75, 3.05) is 0 Å². The molecule has 114 valence electrons. The Morgan fingerprint density at radius 1 is 1.32 bits per heavy atom. The van der Waals surface area contributed by atoms with Crippen molar-refractivity contribution >= 4 is 23.2 Å². The smallest absolute Gasteiger partial charge is 0.277 e. The average Bonchev–Trinajstić information content (AvgIpc) is 2.98. The van der Waals surface area contributed by atoms with E-state index < -0.39 is 4.92 Å². The molecule has 0 spiro atoms. The fourth-order valence-electron chi connectivity index (χ4n) is 2.32. The van der Waals surface area contributed by atoms with Gasteiger partial charge in [-0.25, -0.2) is 0 Å². The summed E-state index contributed by atoms with van der Waals surface area (Å²) in [6, 6.07) is 6.01. The summed E-state index contributed by atoms with van der Waals surface area (Å²) in [4.78, 5) is 22.1. The Kier molecular flexibility index (Phi) is 4.19. The van der Waals surface area contributed by atoms with Crippen LogP contribution in [0.2, 0.25) is 0 Å². The fourth-order valence-corrected chi connectivity index (χ4v) is 3.32. The van der Waals surface area contributed by atoms with Crippen molar-refractivity contribution in [3.05, 3.63) is 34.4 Å². The Morgan fingerprint density at radius 3 is 2.95 bits per heavy atom. The van der Waals surface area contributed by atoms with Crippen molar-refractivity contribution in [2.45, 2.75) is 36.2 Å². The van der Waals surface area contributed by atoms with Crippen LogP contribution in [0.1, 0.15) is 25.7 Å². The molecule has 7 nitrogen and oxygen atoms in total. The summed E-state index contributed by atoms with van der Waals surface area (Å²) >= 11 is 1.27. The van der Waals surface area contributed by atoms with Crippen LogP contribution in [0, 0.1) is 10.1 Å². The highest BCUT2D eigenvalue weighted by molar-refractivity contribution is 8.00. The van der Waals surface area contributed by atoms with E-state index in [4.69, 9.17) is 4.42 Å². The van der Waals surface area contributed by atoms with E-state index in [0.29, 0.717) is 17.2 Å². The first-order chi connectivity index (χ1) is 10.6. The van der Waals surface area contributed by atoms with Crippen LogP contribution in [0.4, 0.5) is 5.69 Å². The number of rotatable bonds is 4. The van der Waals surface area contributed by atoms with Gasteiger partial charge in [0.1, 0.15) is 5.78 Å². The van der Waals surface area contributed by atoms with Gasteiger partial charge < -0.3 is 4.42 Å². The number of aromatic nitrogens is 2. The molecule has 1 heterocycles. The van der Waals surface area contributed by atoms with E-state index in [2.05, 4.69) is 10.2 Å². The average molecular weight is 319 g/mol. The SMILES string of the molecule is O=C1CCCC[C@@H]1Sc1nnc(-c2cccc([N+](=O)[O-])c2)o1. The third kappa shape index (κ3) is 3.16. The lowest BCUT2D eigenvalue weighted by molar-refractivity contribution is -0.384. The number of benzene rings is 1. The largest absolute Gasteiger partial charge is 0.411 e. The van der Waals surface area contributed by atoms with Crippen LogP contribution in [0.25, 0.3) is 11.5 Å². The molecule has 0 bridgehead atoms. The van der Waals surface area contributed by atoms with Gasteiger partial charge in [-0.15, -0.1) is 10.2 Å². The van der Waals surface area contributed by atoms with Crippen molar-refractivity contribution in [3.8, 4) is 11.5 Å². The normalized spacial score (nSPS) is 18.4. The van der Waals surface area contributed by atoms with E-state index in [-0.39, 0.29) is 22.6 Å². The summed E-state index contributed by atoms with van der Waals surface area (Å²) in [6.45, 7) is 0. The number of ketones is 1. The van der Waals surface area contributed by atoms with Gasteiger partial charge in [0, 0.05) is 24.1 Å². The number of non-ortho nitro benzene ring substituents is 1. The van der Waals surface area contributed by atoms with Crippen LogP contribution in [-0.4, -0.2) is 26.2 Å². The van der Waals surface area contributed by atoms with Gasteiger partial charge in [0.15, 0.2) is 0 Å². The molecule has 1 aliphatic carbocycles. The number of Topliss-reactive ketones (excluding diaryl/α,β-unsaturated/α-hetero) is 1. The standard InChI is InChI=1S/C14H13N3O4S/c18-11-6-1-2-7-12(11)22-14-16-15-13(21-14)9-4-3-5-10(8-9)17(19)20/h3-5,8,12H,1-2,6-7H2/t12-/m0/s1. The van der Waals surface area contributed by atoms with E-state index in [9.17, 15) is 14.9 Å². The lowest BCUT2D eigenvalue weighted by Gasteiger charge is -2.17. The molecule has 0 aliphatic heterocycles. The first kappa shape index (κ1) is 14.7. The van der Waals surface area contributed by atoms with Crippen LogP contribution in [0.15, 0.2) is 33.9 Å². The second-order valence-corrected chi connectivity index (χ2v) is 6.15. The van der Waals surface area contributed by atoms with Gasteiger partial charge in [-0.1, -0.05) is 24.2 Å². The van der Waals surface area contributed by atoms with E-state index in [1.54, 1.807) is 12.1 Å². The molecule has 0 saturated heterocycles.